The number of esters is 2. The largest absolute Gasteiger partial charge is 0.466 e. The van der Waals surface area contributed by atoms with Crippen molar-refractivity contribution in [2.45, 2.75) is 58.6 Å². The van der Waals surface area contributed by atoms with Crippen molar-refractivity contribution >= 4 is 11.9 Å². The van der Waals surface area contributed by atoms with Crippen LogP contribution in [0.2, 0.25) is 0 Å². The zero-order chi connectivity index (χ0) is 15.6. The van der Waals surface area contributed by atoms with E-state index in [0.717, 1.165) is 12.8 Å². The molecule has 0 aliphatic carbocycles. The van der Waals surface area contributed by atoms with Crippen LogP contribution in [0.3, 0.4) is 0 Å². The van der Waals surface area contributed by atoms with Crippen molar-refractivity contribution in [3.8, 4) is 0 Å². The van der Waals surface area contributed by atoms with Gasteiger partial charge in [0.25, 0.3) is 0 Å². The zero-order valence-electron chi connectivity index (χ0n) is 13.2. The number of hydrogen-bond acceptors (Lipinski definition) is 5. The van der Waals surface area contributed by atoms with Crippen molar-refractivity contribution in [1.82, 2.24) is 5.32 Å². The summed E-state index contributed by atoms with van der Waals surface area (Å²) in [6, 6.07) is 0.0529. The molecule has 0 bridgehead atoms. The van der Waals surface area contributed by atoms with E-state index < -0.39 is 5.60 Å². The van der Waals surface area contributed by atoms with Gasteiger partial charge in [-0.3, -0.25) is 4.79 Å². The van der Waals surface area contributed by atoms with Gasteiger partial charge < -0.3 is 14.8 Å². The molecule has 0 saturated heterocycles. The predicted octanol–water partition coefficient (Wildman–Crippen LogP) is 2.21. The lowest BCUT2D eigenvalue weighted by atomic mass is 10.1. The second-order valence-electron chi connectivity index (χ2n) is 5.61. The molecule has 20 heavy (non-hydrogen) atoms. The summed E-state index contributed by atoms with van der Waals surface area (Å²) in [5.41, 5.74) is -0.460. The van der Waals surface area contributed by atoms with Gasteiger partial charge >= 0.3 is 11.9 Å². The van der Waals surface area contributed by atoms with E-state index in [1.807, 2.05) is 20.8 Å². The van der Waals surface area contributed by atoms with Crippen LogP contribution in [0, 0.1) is 0 Å². The second kappa shape index (κ2) is 9.53. The molecular weight excluding hydrogens is 258 g/mol. The number of carbonyl (C=O) groups is 2. The highest BCUT2D eigenvalue weighted by molar-refractivity contribution is 5.81. The van der Waals surface area contributed by atoms with Crippen molar-refractivity contribution in [3.63, 3.8) is 0 Å². The molecule has 0 fully saturated rings. The molecule has 0 amide bonds. The number of methoxy groups -OCH3 is 1. The normalized spacial score (nSPS) is 13.2. The first-order valence-electron chi connectivity index (χ1n) is 6.98. The Kier molecular flexibility index (Phi) is 8.88. The topological polar surface area (TPSA) is 64.6 Å². The summed E-state index contributed by atoms with van der Waals surface area (Å²) in [5.74, 6) is -0.591. The molecule has 0 aliphatic heterocycles. The lowest BCUT2D eigenvalue weighted by Gasteiger charge is -2.22. The van der Waals surface area contributed by atoms with E-state index in [0.29, 0.717) is 13.0 Å². The third-order valence-corrected chi connectivity index (χ3v) is 2.45. The van der Waals surface area contributed by atoms with Crippen LogP contribution in [-0.2, 0) is 19.1 Å². The molecule has 0 rings (SSSR count). The Labute approximate surface area is 121 Å². The monoisotopic (exact) mass is 285 g/mol. The Morgan fingerprint density at radius 3 is 2.45 bits per heavy atom. The molecule has 0 aliphatic rings. The fraction of sp³-hybridized carbons (Fsp3) is 0.733. The van der Waals surface area contributed by atoms with Gasteiger partial charge in [-0.2, -0.15) is 0 Å². The molecule has 0 aromatic heterocycles. The molecule has 0 aromatic carbocycles. The van der Waals surface area contributed by atoms with E-state index in [4.69, 9.17) is 4.74 Å². The van der Waals surface area contributed by atoms with E-state index in [-0.39, 0.29) is 18.0 Å². The van der Waals surface area contributed by atoms with Crippen LogP contribution >= 0.6 is 0 Å². The van der Waals surface area contributed by atoms with Gasteiger partial charge in [-0.15, -0.1) is 0 Å². The highest BCUT2D eigenvalue weighted by atomic mass is 16.6. The van der Waals surface area contributed by atoms with Gasteiger partial charge in [-0.05, 0) is 27.2 Å². The number of carbonyl (C=O) groups excluding carboxylic acids is 2. The van der Waals surface area contributed by atoms with E-state index >= 15 is 0 Å². The summed E-state index contributed by atoms with van der Waals surface area (Å²) >= 11 is 0. The van der Waals surface area contributed by atoms with Crippen molar-refractivity contribution in [3.05, 3.63) is 12.2 Å². The molecular formula is C15H27NO4. The maximum Gasteiger partial charge on any atom is 0.330 e. The minimum atomic E-state index is -0.460. The highest BCUT2D eigenvalue weighted by Gasteiger charge is 2.19. The molecule has 0 aromatic rings. The predicted molar refractivity (Wildman–Crippen MR) is 78.3 cm³/mol. The fourth-order valence-electron chi connectivity index (χ4n) is 1.67. The molecule has 5 heteroatoms. The summed E-state index contributed by atoms with van der Waals surface area (Å²) in [6.45, 7) is 8.14. The molecule has 116 valence electrons. The first-order valence-corrected chi connectivity index (χ1v) is 6.98. The number of ether oxygens (including phenoxy) is 2. The molecule has 0 spiro atoms. The third-order valence-electron chi connectivity index (χ3n) is 2.45. The maximum atomic E-state index is 11.8. The summed E-state index contributed by atoms with van der Waals surface area (Å²) in [5, 5.41) is 3.22. The molecule has 0 saturated carbocycles. The Bertz CT molecular complexity index is 331. The van der Waals surface area contributed by atoms with Crippen LogP contribution in [0.5, 0.6) is 0 Å². The standard InChI is InChI=1S/C15H27NO4/c1-6-8-12(11-14(18)20-15(2,3)4)16-10-7-9-13(17)19-5/h7,9,12,16H,6,8,10-11H2,1-5H3/t12-/m0/s1. The van der Waals surface area contributed by atoms with Crippen LogP contribution in [-0.4, -0.2) is 37.2 Å². The number of rotatable bonds is 8. The fourth-order valence-corrected chi connectivity index (χ4v) is 1.67. The molecule has 0 radical (unpaired) electrons. The summed E-state index contributed by atoms with van der Waals surface area (Å²) in [6.07, 6.45) is 5.23. The lowest BCUT2D eigenvalue weighted by Crippen LogP contribution is -2.34. The van der Waals surface area contributed by atoms with Crippen molar-refractivity contribution in [2.24, 2.45) is 0 Å². The SMILES string of the molecule is CCC[C@@H](CC(=O)OC(C)(C)C)NCC=CC(=O)OC. The smallest absolute Gasteiger partial charge is 0.330 e. The van der Waals surface area contributed by atoms with Gasteiger partial charge in [0.05, 0.1) is 13.5 Å². The van der Waals surface area contributed by atoms with Crippen LogP contribution in [0.4, 0.5) is 0 Å². The Balaban J connectivity index is 4.19. The summed E-state index contributed by atoms with van der Waals surface area (Å²) in [7, 11) is 1.34. The Morgan fingerprint density at radius 2 is 1.95 bits per heavy atom. The maximum absolute atomic E-state index is 11.8. The van der Waals surface area contributed by atoms with Gasteiger partial charge in [0.2, 0.25) is 0 Å². The Morgan fingerprint density at radius 1 is 1.30 bits per heavy atom. The van der Waals surface area contributed by atoms with Crippen LogP contribution < -0.4 is 5.32 Å². The second-order valence-corrected chi connectivity index (χ2v) is 5.61. The first-order chi connectivity index (χ1) is 9.28. The zero-order valence-corrected chi connectivity index (χ0v) is 13.2. The molecule has 1 N–H and O–H groups in total. The van der Waals surface area contributed by atoms with E-state index in [1.54, 1.807) is 6.08 Å². The lowest BCUT2D eigenvalue weighted by molar-refractivity contribution is -0.155. The summed E-state index contributed by atoms with van der Waals surface area (Å²) < 4.78 is 9.80. The van der Waals surface area contributed by atoms with Crippen LogP contribution in [0.25, 0.3) is 0 Å². The Hall–Kier alpha value is -1.36. The van der Waals surface area contributed by atoms with Crippen LogP contribution in [0.1, 0.15) is 47.0 Å². The average molecular weight is 285 g/mol. The minimum absolute atomic E-state index is 0.0529. The van der Waals surface area contributed by atoms with Crippen LogP contribution in [0.15, 0.2) is 12.2 Å². The average Bonchev–Trinajstić information content (AvgIpc) is 2.31. The van der Waals surface area contributed by atoms with Gasteiger partial charge in [0.15, 0.2) is 0 Å². The molecule has 5 nitrogen and oxygen atoms in total. The van der Waals surface area contributed by atoms with E-state index in [1.165, 1.54) is 13.2 Å². The minimum Gasteiger partial charge on any atom is -0.466 e. The molecule has 0 heterocycles. The van der Waals surface area contributed by atoms with Gasteiger partial charge in [0.1, 0.15) is 5.60 Å². The third kappa shape index (κ3) is 10.6. The number of nitrogens with one attached hydrogen (secondary N) is 1. The van der Waals surface area contributed by atoms with Crippen molar-refractivity contribution in [1.29, 1.82) is 0 Å². The summed E-state index contributed by atoms with van der Waals surface area (Å²) in [4.78, 5) is 22.7. The van der Waals surface area contributed by atoms with E-state index in [9.17, 15) is 9.59 Å². The van der Waals surface area contributed by atoms with E-state index in [2.05, 4.69) is 17.0 Å². The van der Waals surface area contributed by atoms with Crippen molar-refractivity contribution < 1.29 is 19.1 Å². The first kappa shape index (κ1) is 18.6. The highest BCUT2D eigenvalue weighted by Crippen LogP contribution is 2.11. The van der Waals surface area contributed by atoms with Gasteiger partial charge in [-0.1, -0.05) is 19.4 Å². The number of hydrogen-bond donors (Lipinski definition) is 1. The quantitative estimate of drug-likeness (QED) is 0.547. The molecule has 0 unspecified atom stereocenters. The molecule has 1 atom stereocenters. The van der Waals surface area contributed by atoms with Crippen molar-refractivity contribution in [2.75, 3.05) is 13.7 Å². The van der Waals surface area contributed by atoms with Gasteiger partial charge in [-0.25, -0.2) is 4.79 Å². The van der Waals surface area contributed by atoms with Gasteiger partial charge in [0, 0.05) is 18.7 Å².